The molecule has 3 N–H and O–H groups in total. The van der Waals surface area contributed by atoms with E-state index in [9.17, 15) is 4.79 Å². The second-order valence-electron chi connectivity index (χ2n) is 5.15. The highest BCUT2D eigenvalue weighted by atomic mass is 35.5. The zero-order valence-electron chi connectivity index (χ0n) is 11.8. The van der Waals surface area contributed by atoms with E-state index in [-0.39, 0.29) is 29.8 Å². The van der Waals surface area contributed by atoms with Crippen LogP contribution in [0.25, 0.3) is 0 Å². The molecule has 4 nitrogen and oxygen atoms in total. The van der Waals surface area contributed by atoms with Crippen LogP contribution in [0.1, 0.15) is 37.0 Å². The number of nitrogens with one attached hydrogen (secondary N) is 1. The van der Waals surface area contributed by atoms with E-state index in [0.717, 1.165) is 5.69 Å². The summed E-state index contributed by atoms with van der Waals surface area (Å²) in [6.07, 6.45) is 0. The molecule has 1 rings (SSSR count). The molecule has 1 unspecified atom stereocenters. The number of aromatic nitrogens is 1. The summed E-state index contributed by atoms with van der Waals surface area (Å²) in [7, 11) is 1.89. The van der Waals surface area contributed by atoms with Gasteiger partial charge >= 0.3 is 0 Å². The number of rotatable bonds is 4. The quantitative estimate of drug-likeness (QED) is 0.880. The maximum absolute atomic E-state index is 12.2. The molecule has 104 valence electrons. The van der Waals surface area contributed by atoms with Gasteiger partial charge in [-0.3, -0.25) is 4.79 Å². The first-order valence-corrected chi connectivity index (χ1v) is 5.96. The number of carbonyl (C=O) groups excluding carboxylic acids is 1. The van der Waals surface area contributed by atoms with E-state index in [1.165, 1.54) is 0 Å². The molecule has 0 aliphatic carbocycles. The van der Waals surface area contributed by atoms with Crippen LogP contribution in [0.3, 0.4) is 0 Å². The van der Waals surface area contributed by atoms with Gasteiger partial charge in [0, 0.05) is 19.3 Å². The number of amides is 1. The predicted octanol–water partition coefficient (Wildman–Crippen LogP) is 1.86. The minimum Gasteiger partial charge on any atom is -0.344 e. The van der Waals surface area contributed by atoms with Crippen LogP contribution >= 0.6 is 12.4 Å². The van der Waals surface area contributed by atoms with Crippen molar-refractivity contribution in [3.63, 3.8) is 0 Å². The third-order valence-corrected chi connectivity index (χ3v) is 3.70. The fourth-order valence-corrected chi connectivity index (χ4v) is 1.60. The molecule has 0 fully saturated rings. The monoisotopic (exact) mass is 273 g/mol. The summed E-state index contributed by atoms with van der Waals surface area (Å²) < 4.78 is 1.88. The van der Waals surface area contributed by atoms with Gasteiger partial charge in [0.25, 0.3) is 5.91 Å². The summed E-state index contributed by atoms with van der Waals surface area (Å²) in [6.45, 7) is 8.50. The van der Waals surface area contributed by atoms with Gasteiger partial charge in [-0.25, -0.2) is 0 Å². The molecule has 1 amide bonds. The Bertz CT molecular complexity index is 414. The first-order valence-electron chi connectivity index (χ1n) is 5.96. The number of carbonyl (C=O) groups is 1. The van der Waals surface area contributed by atoms with E-state index >= 15 is 0 Å². The molecule has 1 aromatic heterocycles. The van der Waals surface area contributed by atoms with Gasteiger partial charge in [-0.1, -0.05) is 13.8 Å². The van der Waals surface area contributed by atoms with Gasteiger partial charge in [0.2, 0.25) is 0 Å². The van der Waals surface area contributed by atoms with Crippen molar-refractivity contribution in [1.29, 1.82) is 0 Å². The van der Waals surface area contributed by atoms with E-state index in [4.69, 9.17) is 5.73 Å². The molecule has 0 radical (unpaired) electrons. The Kier molecular flexibility index (Phi) is 5.90. The van der Waals surface area contributed by atoms with Gasteiger partial charge in [-0.05, 0) is 31.9 Å². The maximum atomic E-state index is 12.2. The lowest BCUT2D eigenvalue weighted by atomic mass is 9.88. The van der Waals surface area contributed by atoms with Crippen molar-refractivity contribution in [2.45, 2.75) is 33.2 Å². The lowest BCUT2D eigenvalue weighted by Crippen LogP contribution is -2.55. The molecular weight excluding hydrogens is 250 g/mol. The molecule has 0 aliphatic heterocycles. The summed E-state index contributed by atoms with van der Waals surface area (Å²) >= 11 is 0. The summed E-state index contributed by atoms with van der Waals surface area (Å²) in [5.41, 5.74) is 7.12. The van der Waals surface area contributed by atoms with Crippen LogP contribution in [-0.2, 0) is 7.05 Å². The molecule has 1 aromatic rings. The number of nitrogens with two attached hydrogens (primary N) is 1. The van der Waals surface area contributed by atoms with Gasteiger partial charge < -0.3 is 15.6 Å². The van der Waals surface area contributed by atoms with Crippen LogP contribution in [-0.4, -0.2) is 22.6 Å². The van der Waals surface area contributed by atoms with Crippen molar-refractivity contribution in [2.75, 3.05) is 6.54 Å². The van der Waals surface area contributed by atoms with Crippen molar-refractivity contribution in [3.05, 3.63) is 23.5 Å². The Morgan fingerprint density at radius 1 is 1.50 bits per heavy atom. The second-order valence-corrected chi connectivity index (χ2v) is 5.15. The molecule has 0 aromatic carbocycles. The van der Waals surface area contributed by atoms with Crippen LogP contribution in [0.15, 0.2) is 12.1 Å². The van der Waals surface area contributed by atoms with Gasteiger partial charge in [0.15, 0.2) is 0 Å². The first kappa shape index (κ1) is 17.0. The smallest absolute Gasteiger partial charge is 0.268 e. The van der Waals surface area contributed by atoms with Crippen LogP contribution in [0.4, 0.5) is 0 Å². The van der Waals surface area contributed by atoms with Crippen molar-refractivity contribution >= 4 is 18.3 Å². The number of halogens is 1. The average Bonchev–Trinajstić information content (AvgIpc) is 2.59. The van der Waals surface area contributed by atoms with Crippen molar-refractivity contribution in [2.24, 2.45) is 18.7 Å². The van der Waals surface area contributed by atoms with Crippen LogP contribution in [0.2, 0.25) is 0 Å². The molecular formula is C13H24ClN3O. The Morgan fingerprint density at radius 2 is 2.06 bits per heavy atom. The van der Waals surface area contributed by atoms with E-state index in [2.05, 4.69) is 19.2 Å². The molecule has 1 atom stereocenters. The topological polar surface area (TPSA) is 60.1 Å². The standard InChI is InChI=1S/C13H23N3O.ClH/c1-9(2)13(4,8-14)15-12(17)11-7-6-10(3)16(11)5;/h6-7,9H,8,14H2,1-5H3,(H,15,17);1H. The average molecular weight is 274 g/mol. The maximum Gasteiger partial charge on any atom is 0.268 e. The molecule has 0 aliphatic rings. The molecule has 0 spiro atoms. The van der Waals surface area contributed by atoms with Crippen molar-refractivity contribution in [1.82, 2.24) is 9.88 Å². The Labute approximate surface area is 115 Å². The van der Waals surface area contributed by atoms with Gasteiger partial charge in [0.1, 0.15) is 5.69 Å². The highest BCUT2D eigenvalue weighted by Crippen LogP contribution is 2.16. The number of nitrogens with zero attached hydrogens (tertiary/aromatic N) is 1. The van der Waals surface area contributed by atoms with Gasteiger partial charge in [-0.15, -0.1) is 12.4 Å². The Balaban J connectivity index is 0.00000289. The molecule has 18 heavy (non-hydrogen) atoms. The fraction of sp³-hybridized carbons (Fsp3) is 0.615. The fourth-order valence-electron chi connectivity index (χ4n) is 1.60. The Morgan fingerprint density at radius 3 is 2.39 bits per heavy atom. The van der Waals surface area contributed by atoms with Crippen LogP contribution in [0, 0.1) is 12.8 Å². The van der Waals surface area contributed by atoms with Gasteiger partial charge in [-0.2, -0.15) is 0 Å². The van der Waals surface area contributed by atoms with E-state index in [1.807, 2.05) is 37.6 Å². The predicted molar refractivity (Wildman–Crippen MR) is 77.2 cm³/mol. The zero-order valence-corrected chi connectivity index (χ0v) is 12.6. The molecule has 0 saturated carbocycles. The molecule has 5 heteroatoms. The zero-order chi connectivity index (χ0) is 13.2. The molecule has 0 saturated heterocycles. The highest BCUT2D eigenvalue weighted by Gasteiger charge is 2.29. The van der Waals surface area contributed by atoms with Crippen molar-refractivity contribution < 1.29 is 4.79 Å². The third kappa shape index (κ3) is 3.27. The van der Waals surface area contributed by atoms with E-state index in [0.29, 0.717) is 12.2 Å². The van der Waals surface area contributed by atoms with Gasteiger partial charge in [0.05, 0.1) is 5.54 Å². The first-order chi connectivity index (χ1) is 7.81. The summed E-state index contributed by atoms with van der Waals surface area (Å²) in [5.74, 6) is 0.222. The Hall–Kier alpha value is -1.00. The van der Waals surface area contributed by atoms with Crippen molar-refractivity contribution in [3.8, 4) is 0 Å². The summed E-state index contributed by atoms with van der Waals surface area (Å²) in [5, 5.41) is 3.03. The lowest BCUT2D eigenvalue weighted by molar-refractivity contribution is 0.0874. The largest absolute Gasteiger partial charge is 0.344 e. The summed E-state index contributed by atoms with van der Waals surface area (Å²) in [6, 6.07) is 3.77. The minimum atomic E-state index is -0.366. The van der Waals surface area contributed by atoms with E-state index in [1.54, 1.807) is 0 Å². The van der Waals surface area contributed by atoms with Crippen LogP contribution in [0.5, 0.6) is 0 Å². The van der Waals surface area contributed by atoms with Crippen LogP contribution < -0.4 is 11.1 Å². The molecule has 0 bridgehead atoms. The number of hydrogen-bond acceptors (Lipinski definition) is 2. The minimum absolute atomic E-state index is 0. The number of aryl methyl sites for hydroxylation is 1. The summed E-state index contributed by atoms with van der Waals surface area (Å²) in [4.78, 5) is 12.2. The highest BCUT2D eigenvalue weighted by molar-refractivity contribution is 5.93. The normalized spacial score (nSPS) is 13.9. The second kappa shape index (κ2) is 6.25. The lowest BCUT2D eigenvalue weighted by Gasteiger charge is -2.33. The molecule has 1 heterocycles. The number of hydrogen-bond donors (Lipinski definition) is 2. The van der Waals surface area contributed by atoms with E-state index < -0.39 is 0 Å². The SMILES string of the molecule is Cc1ccc(C(=O)NC(C)(CN)C(C)C)n1C.Cl. The third-order valence-electron chi connectivity index (χ3n) is 3.70.